The standard InChI is InChI=1S/C15H21NO2/c1-6-7-13-9(2)8-10(3)14(11(13)4)18-15(17)12(5)16/h6,8,12H,1,7,16H2,2-5H3/t12-/m0/s1. The first-order valence-electron chi connectivity index (χ1n) is 6.06. The van der Waals surface area contributed by atoms with E-state index in [4.69, 9.17) is 10.5 Å². The van der Waals surface area contributed by atoms with Gasteiger partial charge in [-0.05, 0) is 56.4 Å². The second-order valence-electron chi connectivity index (χ2n) is 4.65. The molecule has 2 N–H and O–H groups in total. The Kier molecular flexibility index (Phi) is 4.68. The van der Waals surface area contributed by atoms with Gasteiger partial charge in [-0.3, -0.25) is 0 Å². The predicted molar refractivity (Wildman–Crippen MR) is 73.8 cm³/mol. The highest BCUT2D eigenvalue weighted by atomic mass is 16.5. The van der Waals surface area contributed by atoms with Gasteiger partial charge in [0.1, 0.15) is 11.8 Å². The maximum absolute atomic E-state index is 11.6. The van der Waals surface area contributed by atoms with Crippen molar-refractivity contribution in [2.75, 3.05) is 0 Å². The minimum absolute atomic E-state index is 0.408. The van der Waals surface area contributed by atoms with Crippen LogP contribution in [-0.2, 0) is 11.2 Å². The Hall–Kier alpha value is -1.61. The number of allylic oxidation sites excluding steroid dienone is 1. The van der Waals surface area contributed by atoms with Gasteiger partial charge >= 0.3 is 5.97 Å². The topological polar surface area (TPSA) is 52.3 Å². The molecule has 0 aliphatic carbocycles. The lowest BCUT2D eigenvalue weighted by molar-refractivity contribution is -0.135. The van der Waals surface area contributed by atoms with Crippen LogP contribution in [0.4, 0.5) is 0 Å². The highest BCUT2D eigenvalue weighted by Crippen LogP contribution is 2.29. The summed E-state index contributed by atoms with van der Waals surface area (Å²) >= 11 is 0. The molecule has 0 fully saturated rings. The minimum atomic E-state index is -0.618. The van der Waals surface area contributed by atoms with Gasteiger partial charge in [0.25, 0.3) is 0 Å². The highest BCUT2D eigenvalue weighted by Gasteiger charge is 2.16. The van der Waals surface area contributed by atoms with Crippen molar-refractivity contribution in [1.82, 2.24) is 0 Å². The number of carbonyl (C=O) groups is 1. The lowest BCUT2D eigenvalue weighted by atomic mass is 9.96. The van der Waals surface area contributed by atoms with E-state index >= 15 is 0 Å². The SMILES string of the molecule is C=CCc1c(C)cc(C)c(OC(=O)[C@H](C)N)c1C. The Bertz CT molecular complexity index is 476. The molecule has 3 heteroatoms. The number of ether oxygens (including phenoxy) is 1. The van der Waals surface area contributed by atoms with Crippen LogP contribution in [0.15, 0.2) is 18.7 Å². The zero-order valence-corrected chi connectivity index (χ0v) is 11.5. The quantitative estimate of drug-likeness (QED) is 0.505. The van der Waals surface area contributed by atoms with Gasteiger partial charge in [0.2, 0.25) is 0 Å². The lowest BCUT2D eigenvalue weighted by Gasteiger charge is -2.17. The molecule has 0 heterocycles. The molecule has 1 aromatic carbocycles. The molecule has 0 aliphatic heterocycles. The minimum Gasteiger partial charge on any atom is -0.425 e. The van der Waals surface area contributed by atoms with Crippen LogP contribution < -0.4 is 10.5 Å². The van der Waals surface area contributed by atoms with Gasteiger partial charge in [-0.1, -0.05) is 12.1 Å². The van der Waals surface area contributed by atoms with Crippen molar-refractivity contribution < 1.29 is 9.53 Å². The maximum atomic E-state index is 11.6. The van der Waals surface area contributed by atoms with Crippen molar-refractivity contribution in [3.05, 3.63) is 41.0 Å². The van der Waals surface area contributed by atoms with E-state index in [0.29, 0.717) is 5.75 Å². The van der Waals surface area contributed by atoms with Crippen LogP contribution in [-0.4, -0.2) is 12.0 Å². The monoisotopic (exact) mass is 247 g/mol. The maximum Gasteiger partial charge on any atom is 0.328 e. The van der Waals surface area contributed by atoms with Crippen molar-refractivity contribution in [2.45, 2.75) is 40.2 Å². The molecule has 1 aromatic rings. The van der Waals surface area contributed by atoms with Crippen LogP contribution >= 0.6 is 0 Å². The second kappa shape index (κ2) is 5.83. The summed E-state index contributed by atoms with van der Waals surface area (Å²) in [5, 5.41) is 0. The van der Waals surface area contributed by atoms with Crippen molar-refractivity contribution in [2.24, 2.45) is 5.73 Å². The van der Waals surface area contributed by atoms with Gasteiger partial charge in [-0.25, -0.2) is 4.79 Å². The van der Waals surface area contributed by atoms with Gasteiger partial charge in [0, 0.05) is 0 Å². The average molecular weight is 247 g/mol. The number of hydrogen-bond acceptors (Lipinski definition) is 3. The number of nitrogens with two attached hydrogens (primary N) is 1. The van der Waals surface area contributed by atoms with Crippen molar-refractivity contribution in [1.29, 1.82) is 0 Å². The molecule has 0 saturated carbocycles. The summed E-state index contributed by atoms with van der Waals surface area (Å²) in [4.78, 5) is 11.6. The van der Waals surface area contributed by atoms with E-state index in [1.54, 1.807) is 6.92 Å². The van der Waals surface area contributed by atoms with Crippen LogP contribution in [0.3, 0.4) is 0 Å². The molecule has 0 aromatic heterocycles. The summed E-state index contributed by atoms with van der Waals surface area (Å²) in [6.07, 6.45) is 2.61. The molecule has 0 aliphatic rings. The first kappa shape index (κ1) is 14.5. The van der Waals surface area contributed by atoms with Crippen LogP contribution in [0, 0.1) is 20.8 Å². The largest absolute Gasteiger partial charge is 0.425 e. The number of benzene rings is 1. The third-order valence-corrected chi connectivity index (χ3v) is 2.98. The summed E-state index contributed by atoms with van der Waals surface area (Å²) in [5.74, 6) is 0.217. The highest BCUT2D eigenvalue weighted by molar-refractivity contribution is 5.78. The molecule has 0 spiro atoms. The molecule has 98 valence electrons. The Balaban J connectivity index is 3.22. The molecule has 3 nitrogen and oxygen atoms in total. The van der Waals surface area contributed by atoms with Crippen LogP contribution in [0.25, 0.3) is 0 Å². The van der Waals surface area contributed by atoms with Crippen molar-refractivity contribution in [3.63, 3.8) is 0 Å². The zero-order chi connectivity index (χ0) is 13.9. The first-order chi connectivity index (χ1) is 8.38. The Labute approximate surface area is 109 Å². The summed E-state index contributed by atoms with van der Waals surface area (Å²) in [6.45, 7) is 11.3. The number of hydrogen-bond donors (Lipinski definition) is 1. The molecule has 0 saturated heterocycles. The van der Waals surface area contributed by atoms with Crippen LogP contribution in [0.1, 0.15) is 29.2 Å². The predicted octanol–water partition coefficient (Wildman–Crippen LogP) is 2.59. The van der Waals surface area contributed by atoms with E-state index in [0.717, 1.165) is 23.1 Å². The smallest absolute Gasteiger partial charge is 0.328 e. The summed E-state index contributed by atoms with van der Waals surface area (Å²) < 4.78 is 5.38. The Morgan fingerprint density at radius 3 is 2.56 bits per heavy atom. The van der Waals surface area contributed by atoms with E-state index in [1.807, 2.05) is 26.0 Å². The fraction of sp³-hybridized carbons (Fsp3) is 0.400. The molecule has 1 rings (SSSR count). The molecule has 1 atom stereocenters. The second-order valence-corrected chi connectivity index (χ2v) is 4.65. The lowest BCUT2D eigenvalue weighted by Crippen LogP contribution is -2.31. The third-order valence-electron chi connectivity index (χ3n) is 2.98. The first-order valence-corrected chi connectivity index (χ1v) is 6.06. The van der Waals surface area contributed by atoms with E-state index in [-0.39, 0.29) is 0 Å². The van der Waals surface area contributed by atoms with Gasteiger partial charge in [-0.2, -0.15) is 0 Å². The Morgan fingerprint density at radius 1 is 1.44 bits per heavy atom. The number of rotatable bonds is 4. The fourth-order valence-electron chi connectivity index (χ4n) is 2.01. The molecule has 0 unspecified atom stereocenters. The summed E-state index contributed by atoms with van der Waals surface area (Å²) in [6, 6.07) is 1.41. The van der Waals surface area contributed by atoms with E-state index in [1.165, 1.54) is 5.56 Å². The molecule has 0 bridgehead atoms. The Morgan fingerprint density at radius 2 is 2.06 bits per heavy atom. The van der Waals surface area contributed by atoms with Crippen molar-refractivity contribution >= 4 is 5.97 Å². The summed E-state index contributed by atoms with van der Waals surface area (Å²) in [7, 11) is 0. The average Bonchev–Trinajstić information content (AvgIpc) is 2.29. The van der Waals surface area contributed by atoms with E-state index in [2.05, 4.69) is 13.5 Å². The van der Waals surface area contributed by atoms with Crippen LogP contribution in [0.2, 0.25) is 0 Å². The zero-order valence-electron chi connectivity index (χ0n) is 11.5. The molecular formula is C15H21NO2. The number of aryl methyl sites for hydroxylation is 2. The summed E-state index contributed by atoms with van der Waals surface area (Å²) in [5.41, 5.74) is 9.80. The fourth-order valence-corrected chi connectivity index (χ4v) is 2.01. The third kappa shape index (κ3) is 2.99. The van der Waals surface area contributed by atoms with E-state index < -0.39 is 12.0 Å². The van der Waals surface area contributed by atoms with Gasteiger partial charge < -0.3 is 10.5 Å². The normalized spacial score (nSPS) is 12.1. The van der Waals surface area contributed by atoms with E-state index in [9.17, 15) is 4.79 Å². The van der Waals surface area contributed by atoms with Crippen LogP contribution in [0.5, 0.6) is 5.75 Å². The van der Waals surface area contributed by atoms with Gasteiger partial charge in [-0.15, -0.1) is 6.58 Å². The molecular weight excluding hydrogens is 226 g/mol. The molecule has 0 radical (unpaired) electrons. The molecule has 0 amide bonds. The van der Waals surface area contributed by atoms with Crippen molar-refractivity contribution in [3.8, 4) is 5.75 Å². The molecule has 18 heavy (non-hydrogen) atoms. The number of carbonyl (C=O) groups excluding carboxylic acids is 1. The number of esters is 1. The van der Waals surface area contributed by atoms with Gasteiger partial charge in [0.05, 0.1) is 0 Å². The van der Waals surface area contributed by atoms with Gasteiger partial charge in [0.15, 0.2) is 0 Å².